The Morgan fingerprint density at radius 3 is 2.62 bits per heavy atom. The number of aliphatic carboxylic acids is 1. The van der Waals surface area contributed by atoms with Crippen LogP contribution < -0.4 is 4.74 Å². The topological polar surface area (TPSA) is 127 Å². The second-order valence-corrected chi connectivity index (χ2v) is 12.7. The maximum atomic E-state index is 13.7. The summed E-state index contributed by atoms with van der Waals surface area (Å²) in [6.45, 7) is 3.56. The van der Waals surface area contributed by atoms with Gasteiger partial charge in [-0.05, 0) is 72.7 Å². The molecular weight excluding hydrogens is 575 g/mol. The van der Waals surface area contributed by atoms with E-state index in [0.717, 1.165) is 9.96 Å². The van der Waals surface area contributed by atoms with Gasteiger partial charge in [0.15, 0.2) is 5.65 Å². The molecule has 2 aliphatic rings. The zero-order chi connectivity index (χ0) is 30.0. The SMILES string of the molecule is Cc1ccc([C@H](CC(=O)O)c2ccn3c(C(F)(F)F)nnc3c2C)cc1CN1CC2(CC2)Oc2ncccc2S1(=O)=O. The lowest BCUT2D eigenvalue weighted by molar-refractivity contribution is -0.145. The van der Waals surface area contributed by atoms with E-state index in [4.69, 9.17) is 4.74 Å². The van der Waals surface area contributed by atoms with Gasteiger partial charge in [-0.15, -0.1) is 10.2 Å². The number of halogens is 3. The third-order valence-corrected chi connectivity index (χ3v) is 9.74. The average molecular weight is 602 g/mol. The molecule has 14 heteroatoms. The Morgan fingerprint density at radius 2 is 1.93 bits per heavy atom. The molecule has 0 radical (unpaired) electrons. The molecule has 4 heterocycles. The van der Waals surface area contributed by atoms with Gasteiger partial charge in [0, 0.05) is 24.9 Å². The summed E-state index contributed by atoms with van der Waals surface area (Å²) in [6.07, 6.45) is -1.01. The first-order valence-corrected chi connectivity index (χ1v) is 14.6. The quantitative estimate of drug-likeness (QED) is 0.343. The number of nitrogens with zero attached hydrogens (tertiary/aromatic N) is 5. The van der Waals surface area contributed by atoms with Crippen molar-refractivity contribution in [2.24, 2.45) is 0 Å². The molecule has 1 aromatic carbocycles. The lowest BCUT2D eigenvalue weighted by Crippen LogP contribution is -2.38. The predicted octanol–water partition coefficient (Wildman–Crippen LogP) is 4.48. The van der Waals surface area contributed by atoms with Gasteiger partial charge < -0.3 is 9.84 Å². The summed E-state index contributed by atoms with van der Waals surface area (Å²) in [5.74, 6) is -2.95. The number of benzene rings is 1. The highest BCUT2D eigenvalue weighted by Crippen LogP contribution is 2.46. The highest BCUT2D eigenvalue weighted by molar-refractivity contribution is 7.89. The third-order valence-electron chi connectivity index (χ3n) is 7.94. The zero-order valence-electron chi connectivity index (χ0n) is 22.6. The number of alkyl halides is 3. The summed E-state index contributed by atoms with van der Waals surface area (Å²) in [4.78, 5) is 16.1. The minimum atomic E-state index is -4.71. The van der Waals surface area contributed by atoms with E-state index in [0.29, 0.717) is 35.1 Å². The van der Waals surface area contributed by atoms with Gasteiger partial charge in [0.1, 0.15) is 10.5 Å². The smallest absolute Gasteiger partial charge is 0.452 e. The Kier molecular flexibility index (Phi) is 6.53. The molecule has 10 nitrogen and oxygen atoms in total. The molecule has 0 saturated heterocycles. The maximum Gasteiger partial charge on any atom is 0.452 e. The Balaban J connectivity index is 1.40. The van der Waals surface area contributed by atoms with Gasteiger partial charge in [-0.1, -0.05) is 18.2 Å². The largest absolute Gasteiger partial charge is 0.481 e. The molecule has 42 heavy (non-hydrogen) atoms. The molecule has 0 amide bonds. The van der Waals surface area contributed by atoms with Crippen molar-refractivity contribution in [3.63, 3.8) is 0 Å². The number of carboxylic acids is 1. The van der Waals surface area contributed by atoms with Crippen LogP contribution in [0.15, 0.2) is 53.7 Å². The highest BCUT2D eigenvalue weighted by atomic mass is 32.2. The summed E-state index contributed by atoms with van der Waals surface area (Å²) in [5.41, 5.74) is 2.20. The lowest BCUT2D eigenvalue weighted by Gasteiger charge is -2.25. The third kappa shape index (κ3) is 4.87. The summed E-state index contributed by atoms with van der Waals surface area (Å²) < 4.78 is 75.9. The number of ether oxygens (including phenoxy) is 1. The van der Waals surface area contributed by atoms with Gasteiger partial charge in [0.05, 0.1) is 13.0 Å². The van der Waals surface area contributed by atoms with Crippen LogP contribution in [0.25, 0.3) is 5.65 Å². The fourth-order valence-corrected chi connectivity index (χ4v) is 7.05. The van der Waals surface area contributed by atoms with Crippen LogP contribution in [0.1, 0.15) is 58.8 Å². The second-order valence-electron chi connectivity index (χ2n) is 10.8. The molecule has 1 aliphatic heterocycles. The normalized spacial score (nSPS) is 18.3. The van der Waals surface area contributed by atoms with Crippen molar-refractivity contribution < 1.29 is 36.2 Å². The van der Waals surface area contributed by atoms with E-state index in [1.165, 1.54) is 34.9 Å². The molecule has 1 spiro atoms. The van der Waals surface area contributed by atoms with Crippen LogP contribution in [-0.2, 0) is 27.5 Å². The van der Waals surface area contributed by atoms with Gasteiger partial charge in [0.25, 0.3) is 0 Å². The van der Waals surface area contributed by atoms with Crippen molar-refractivity contribution in [2.45, 2.75) is 62.2 Å². The van der Waals surface area contributed by atoms with Crippen molar-refractivity contribution in [2.75, 3.05) is 6.54 Å². The van der Waals surface area contributed by atoms with E-state index in [2.05, 4.69) is 15.2 Å². The standard InChI is InChI=1S/C28H26F3N5O5S/c1-16-5-6-18(21(13-23(37)38)20-7-11-36-24(17(20)2)33-34-26(36)28(29,30)31)12-19(16)14-35-15-27(8-9-27)41-25-22(42(35,39)40)4-3-10-32-25/h3-7,10-12,21H,8-9,13-15H2,1-2H3,(H,37,38)/t21-/m0/s1. The molecule has 1 aliphatic carbocycles. The number of hydrogen-bond acceptors (Lipinski definition) is 7. The molecule has 0 unspecified atom stereocenters. The Bertz CT molecular complexity index is 1840. The monoisotopic (exact) mass is 601 g/mol. The zero-order valence-corrected chi connectivity index (χ0v) is 23.4. The fraction of sp³-hybridized carbons (Fsp3) is 0.357. The number of carboxylic acid groups (broad SMARTS) is 1. The summed E-state index contributed by atoms with van der Waals surface area (Å²) in [7, 11) is -3.97. The van der Waals surface area contributed by atoms with Crippen molar-refractivity contribution in [3.8, 4) is 5.88 Å². The number of aryl methyl sites for hydroxylation is 2. The van der Waals surface area contributed by atoms with E-state index < -0.39 is 39.5 Å². The fourth-order valence-electron chi connectivity index (χ4n) is 5.49. The lowest BCUT2D eigenvalue weighted by atomic mass is 9.85. The molecule has 1 atom stereocenters. The Morgan fingerprint density at radius 1 is 1.17 bits per heavy atom. The molecule has 0 bridgehead atoms. The van der Waals surface area contributed by atoms with Crippen LogP contribution in [-0.4, -0.2) is 55.5 Å². The number of aromatic nitrogens is 4. The molecule has 1 saturated carbocycles. The average Bonchev–Trinajstić information content (AvgIpc) is 3.53. The maximum absolute atomic E-state index is 13.7. The number of pyridine rings is 2. The van der Waals surface area contributed by atoms with Crippen LogP contribution in [0.4, 0.5) is 13.2 Å². The van der Waals surface area contributed by atoms with Crippen molar-refractivity contribution >= 4 is 21.6 Å². The molecule has 1 N–H and O–H groups in total. The first kappa shape index (κ1) is 28.1. The minimum absolute atomic E-state index is 0.0122. The first-order chi connectivity index (χ1) is 19.8. The molecule has 6 rings (SSSR count). The number of hydrogen-bond donors (Lipinski definition) is 1. The number of rotatable bonds is 6. The van der Waals surface area contributed by atoms with Crippen LogP contribution in [0, 0.1) is 13.8 Å². The number of fused-ring (bicyclic) bond motifs is 2. The Labute approximate surface area is 238 Å². The summed E-state index contributed by atoms with van der Waals surface area (Å²) >= 11 is 0. The van der Waals surface area contributed by atoms with Crippen molar-refractivity contribution in [1.82, 2.24) is 23.9 Å². The molecule has 3 aromatic heterocycles. The Hall–Kier alpha value is -4.04. The van der Waals surface area contributed by atoms with Gasteiger partial charge >= 0.3 is 12.1 Å². The van der Waals surface area contributed by atoms with Crippen LogP contribution in [0.3, 0.4) is 0 Å². The molecule has 4 aromatic rings. The second kappa shape index (κ2) is 9.76. The van der Waals surface area contributed by atoms with Crippen molar-refractivity contribution in [3.05, 3.63) is 82.4 Å². The number of carbonyl (C=O) groups is 1. The number of sulfonamides is 1. The van der Waals surface area contributed by atoms with E-state index in [-0.39, 0.29) is 35.9 Å². The van der Waals surface area contributed by atoms with E-state index >= 15 is 0 Å². The molecule has 220 valence electrons. The first-order valence-electron chi connectivity index (χ1n) is 13.2. The van der Waals surface area contributed by atoms with Crippen LogP contribution in [0.5, 0.6) is 5.88 Å². The molecular formula is C28H26F3N5O5S. The highest BCUT2D eigenvalue weighted by Gasteiger charge is 2.52. The predicted molar refractivity (Wildman–Crippen MR) is 142 cm³/mol. The summed E-state index contributed by atoms with van der Waals surface area (Å²) in [5, 5.41) is 16.8. The molecule has 1 fully saturated rings. The van der Waals surface area contributed by atoms with E-state index in [1.54, 1.807) is 25.1 Å². The van der Waals surface area contributed by atoms with Gasteiger partial charge in [0.2, 0.25) is 21.7 Å². The van der Waals surface area contributed by atoms with Gasteiger partial charge in [-0.25, -0.2) is 13.4 Å². The van der Waals surface area contributed by atoms with E-state index in [1.807, 2.05) is 6.92 Å². The van der Waals surface area contributed by atoms with E-state index in [9.17, 15) is 31.5 Å². The van der Waals surface area contributed by atoms with Crippen LogP contribution in [0.2, 0.25) is 0 Å². The van der Waals surface area contributed by atoms with Crippen LogP contribution >= 0.6 is 0 Å². The van der Waals surface area contributed by atoms with Gasteiger partial charge in [-0.2, -0.15) is 17.5 Å². The van der Waals surface area contributed by atoms with Gasteiger partial charge in [-0.3, -0.25) is 9.20 Å². The summed E-state index contributed by atoms with van der Waals surface area (Å²) in [6, 6.07) is 9.76. The minimum Gasteiger partial charge on any atom is -0.481 e. The van der Waals surface area contributed by atoms with Crippen molar-refractivity contribution in [1.29, 1.82) is 0 Å².